The van der Waals surface area contributed by atoms with Gasteiger partial charge in [-0.2, -0.15) is 11.8 Å². The standard InChI is InChI=1S/C12H26N2O2S2/c1-11(6-9-17-2)14-18(15,16)10-7-12-5-3-4-8-13-12/h11-14H,3-10H2,1-2H3. The minimum atomic E-state index is -3.11. The van der Waals surface area contributed by atoms with Gasteiger partial charge in [0, 0.05) is 12.1 Å². The molecule has 1 saturated heterocycles. The molecule has 4 nitrogen and oxygen atoms in total. The third-order valence-electron chi connectivity index (χ3n) is 3.28. The Morgan fingerprint density at radius 2 is 2.22 bits per heavy atom. The minimum absolute atomic E-state index is 0.0433. The van der Waals surface area contributed by atoms with E-state index in [4.69, 9.17) is 0 Å². The van der Waals surface area contributed by atoms with Gasteiger partial charge < -0.3 is 5.32 Å². The van der Waals surface area contributed by atoms with E-state index in [1.54, 1.807) is 11.8 Å². The number of rotatable bonds is 8. The molecular formula is C12H26N2O2S2. The van der Waals surface area contributed by atoms with Crippen molar-refractivity contribution in [3.05, 3.63) is 0 Å². The average molecular weight is 294 g/mol. The molecule has 0 radical (unpaired) electrons. The van der Waals surface area contributed by atoms with Gasteiger partial charge in [0.15, 0.2) is 0 Å². The molecule has 0 aliphatic carbocycles. The maximum atomic E-state index is 11.9. The highest BCUT2D eigenvalue weighted by molar-refractivity contribution is 7.98. The Bertz CT molecular complexity index is 314. The van der Waals surface area contributed by atoms with Gasteiger partial charge >= 0.3 is 0 Å². The Labute approximate surface area is 116 Å². The quantitative estimate of drug-likeness (QED) is 0.713. The fraction of sp³-hybridized carbons (Fsp3) is 1.00. The summed E-state index contributed by atoms with van der Waals surface area (Å²) in [7, 11) is -3.11. The first kappa shape index (κ1) is 16.3. The van der Waals surface area contributed by atoms with E-state index in [1.165, 1.54) is 12.8 Å². The van der Waals surface area contributed by atoms with Crippen molar-refractivity contribution in [1.29, 1.82) is 0 Å². The van der Waals surface area contributed by atoms with Gasteiger partial charge in [0.2, 0.25) is 10.0 Å². The molecule has 0 aromatic rings. The Balaban J connectivity index is 2.25. The number of piperidine rings is 1. The van der Waals surface area contributed by atoms with Crippen LogP contribution in [-0.2, 0) is 10.0 Å². The molecule has 2 atom stereocenters. The van der Waals surface area contributed by atoms with Gasteiger partial charge in [-0.15, -0.1) is 0 Å². The lowest BCUT2D eigenvalue weighted by Gasteiger charge is -2.23. The summed E-state index contributed by atoms with van der Waals surface area (Å²) in [6.45, 7) is 2.97. The topological polar surface area (TPSA) is 58.2 Å². The molecule has 0 bridgehead atoms. The van der Waals surface area contributed by atoms with Crippen LogP contribution in [0.2, 0.25) is 0 Å². The first-order chi connectivity index (χ1) is 8.53. The van der Waals surface area contributed by atoms with Gasteiger partial charge in [-0.1, -0.05) is 6.42 Å². The lowest BCUT2D eigenvalue weighted by atomic mass is 10.0. The van der Waals surface area contributed by atoms with Crippen molar-refractivity contribution in [2.24, 2.45) is 0 Å². The van der Waals surface area contributed by atoms with E-state index < -0.39 is 10.0 Å². The van der Waals surface area contributed by atoms with Crippen LogP contribution in [0.25, 0.3) is 0 Å². The van der Waals surface area contributed by atoms with Crippen LogP contribution in [0.5, 0.6) is 0 Å². The van der Waals surface area contributed by atoms with E-state index in [1.807, 2.05) is 13.2 Å². The smallest absolute Gasteiger partial charge is 0.211 e. The molecule has 0 aromatic heterocycles. The van der Waals surface area contributed by atoms with Crippen molar-refractivity contribution in [3.8, 4) is 0 Å². The highest BCUT2D eigenvalue weighted by atomic mass is 32.2. The molecule has 1 rings (SSSR count). The Hall–Kier alpha value is 0.220. The lowest BCUT2D eigenvalue weighted by molar-refractivity contribution is 0.392. The summed E-state index contributed by atoms with van der Waals surface area (Å²) >= 11 is 1.75. The Kier molecular flexibility index (Phi) is 7.60. The van der Waals surface area contributed by atoms with E-state index in [2.05, 4.69) is 10.0 Å². The molecule has 1 fully saturated rings. The van der Waals surface area contributed by atoms with Gasteiger partial charge in [-0.25, -0.2) is 13.1 Å². The first-order valence-electron chi connectivity index (χ1n) is 6.76. The molecule has 0 amide bonds. The molecule has 6 heteroatoms. The molecule has 1 aliphatic heterocycles. The summed E-state index contributed by atoms with van der Waals surface area (Å²) < 4.78 is 26.6. The number of hydrogen-bond acceptors (Lipinski definition) is 4. The number of thioether (sulfide) groups is 1. The average Bonchev–Trinajstić information content (AvgIpc) is 2.35. The predicted molar refractivity (Wildman–Crippen MR) is 79.6 cm³/mol. The van der Waals surface area contributed by atoms with Crippen molar-refractivity contribution in [2.75, 3.05) is 24.3 Å². The Morgan fingerprint density at radius 3 is 2.83 bits per heavy atom. The van der Waals surface area contributed by atoms with Crippen LogP contribution in [0.15, 0.2) is 0 Å². The zero-order chi connectivity index (χ0) is 13.4. The van der Waals surface area contributed by atoms with Gasteiger partial charge in [0.05, 0.1) is 5.75 Å². The summed E-state index contributed by atoms with van der Waals surface area (Å²) in [5, 5.41) is 3.38. The van der Waals surface area contributed by atoms with E-state index in [0.29, 0.717) is 6.04 Å². The largest absolute Gasteiger partial charge is 0.314 e. The third-order valence-corrected chi connectivity index (χ3v) is 5.46. The number of sulfonamides is 1. The van der Waals surface area contributed by atoms with Gasteiger partial charge in [-0.05, 0) is 51.2 Å². The van der Waals surface area contributed by atoms with Crippen molar-refractivity contribution in [2.45, 2.75) is 51.1 Å². The summed E-state index contributed by atoms with van der Waals surface area (Å²) in [5.41, 5.74) is 0. The molecule has 0 aromatic carbocycles. The maximum Gasteiger partial charge on any atom is 0.211 e. The second kappa shape index (κ2) is 8.40. The summed E-state index contributed by atoms with van der Waals surface area (Å²) in [6, 6.07) is 0.429. The SMILES string of the molecule is CSCCC(C)NS(=O)(=O)CCC1CCCCN1. The van der Waals surface area contributed by atoms with E-state index in [0.717, 1.165) is 31.6 Å². The third kappa shape index (κ3) is 6.97. The van der Waals surface area contributed by atoms with Crippen LogP contribution < -0.4 is 10.0 Å². The van der Waals surface area contributed by atoms with Crippen molar-refractivity contribution in [1.82, 2.24) is 10.0 Å². The van der Waals surface area contributed by atoms with Gasteiger partial charge in [-0.3, -0.25) is 0 Å². The van der Waals surface area contributed by atoms with Crippen molar-refractivity contribution in [3.63, 3.8) is 0 Å². The maximum absolute atomic E-state index is 11.9. The number of nitrogens with one attached hydrogen (secondary N) is 2. The molecule has 1 aliphatic rings. The molecule has 18 heavy (non-hydrogen) atoms. The highest BCUT2D eigenvalue weighted by Gasteiger charge is 2.18. The lowest BCUT2D eigenvalue weighted by Crippen LogP contribution is -2.39. The van der Waals surface area contributed by atoms with Crippen LogP contribution in [0.4, 0.5) is 0 Å². The number of hydrogen-bond donors (Lipinski definition) is 2. The monoisotopic (exact) mass is 294 g/mol. The summed E-state index contributed by atoms with van der Waals surface area (Å²) in [6.07, 6.45) is 7.20. The molecule has 1 heterocycles. The zero-order valence-corrected chi connectivity index (χ0v) is 13.1. The van der Waals surface area contributed by atoms with Crippen LogP contribution in [-0.4, -0.2) is 44.8 Å². The van der Waals surface area contributed by atoms with Gasteiger partial charge in [0.1, 0.15) is 0 Å². The molecule has 0 spiro atoms. The fourth-order valence-electron chi connectivity index (χ4n) is 2.19. The Morgan fingerprint density at radius 1 is 1.44 bits per heavy atom. The van der Waals surface area contributed by atoms with Crippen molar-refractivity contribution < 1.29 is 8.42 Å². The normalized spacial score (nSPS) is 22.9. The van der Waals surface area contributed by atoms with Gasteiger partial charge in [0.25, 0.3) is 0 Å². The first-order valence-corrected chi connectivity index (χ1v) is 9.80. The van der Waals surface area contributed by atoms with Crippen LogP contribution >= 0.6 is 11.8 Å². The highest BCUT2D eigenvalue weighted by Crippen LogP contribution is 2.11. The van der Waals surface area contributed by atoms with Crippen molar-refractivity contribution >= 4 is 21.8 Å². The van der Waals surface area contributed by atoms with Crippen LogP contribution in [0, 0.1) is 0 Å². The summed E-state index contributed by atoms with van der Waals surface area (Å²) in [5.74, 6) is 1.24. The second-order valence-corrected chi connectivity index (χ2v) is 7.91. The minimum Gasteiger partial charge on any atom is -0.314 e. The second-order valence-electron chi connectivity index (χ2n) is 5.05. The molecule has 0 saturated carbocycles. The molecule has 2 unspecified atom stereocenters. The van der Waals surface area contributed by atoms with E-state index >= 15 is 0 Å². The molecule has 2 N–H and O–H groups in total. The fourth-order valence-corrected chi connectivity index (χ4v) is 4.22. The zero-order valence-electron chi connectivity index (χ0n) is 11.4. The molecule has 108 valence electrons. The van der Waals surface area contributed by atoms with E-state index in [9.17, 15) is 8.42 Å². The van der Waals surface area contributed by atoms with Crippen LogP contribution in [0.3, 0.4) is 0 Å². The van der Waals surface area contributed by atoms with Crippen LogP contribution in [0.1, 0.15) is 39.0 Å². The predicted octanol–water partition coefficient (Wildman–Crippen LogP) is 1.58. The van der Waals surface area contributed by atoms with E-state index in [-0.39, 0.29) is 11.8 Å². The summed E-state index contributed by atoms with van der Waals surface area (Å²) in [4.78, 5) is 0. The molecular weight excluding hydrogens is 268 g/mol.